The summed E-state index contributed by atoms with van der Waals surface area (Å²) in [7, 11) is 0. The van der Waals surface area contributed by atoms with Gasteiger partial charge >= 0.3 is 5.97 Å². The number of anilines is 1. The Morgan fingerprint density at radius 1 is 1.56 bits per heavy atom. The molecule has 1 rings (SSSR count). The van der Waals surface area contributed by atoms with Gasteiger partial charge in [-0.2, -0.15) is 0 Å². The predicted octanol–water partition coefficient (Wildman–Crippen LogP) is 2.25. The minimum atomic E-state index is -0.982. The maximum absolute atomic E-state index is 11.1. The van der Waals surface area contributed by atoms with Gasteiger partial charge < -0.3 is 15.2 Å². The SMILES string of the molecule is CCOCC(Nc1ccncc1C(=O)O)C(C)C. The number of pyridine rings is 1. The van der Waals surface area contributed by atoms with Crippen molar-refractivity contribution >= 4 is 11.7 Å². The van der Waals surface area contributed by atoms with E-state index < -0.39 is 5.97 Å². The topological polar surface area (TPSA) is 71.5 Å². The van der Waals surface area contributed by atoms with Crippen LogP contribution in [-0.4, -0.2) is 35.3 Å². The van der Waals surface area contributed by atoms with E-state index >= 15 is 0 Å². The number of carboxylic acid groups (broad SMARTS) is 1. The van der Waals surface area contributed by atoms with Crippen molar-refractivity contribution in [1.29, 1.82) is 0 Å². The lowest BCUT2D eigenvalue weighted by atomic mass is 10.0. The molecule has 0 fully saturated rings. The molecule has 5 heteroatoms. The third-order valence-corrected chi connectivity index (χ3v) is 2.70. The molecule has 2 N–H and O–H groups in total. The fraction of sp³-hybridized carbons (Fsp3) is 0.538. The lowest BCUT2D eigenvalue weighted by molar-refractivity contribution is 0.0697. The molecule has 1 unspecified atom stereocenters. The lowest BCUT2D eigenvalue weighted by Crippen LogP contribution is -2.31. The van der Waals surface area contributed by atoms with Crippen molar-refractivity contribution in [3.63, 3.8) is 0 Å². The molecular weight excluding hydrogens is 232 g/mol. The van der Waals surface area contributed by atoms with Gasteiger partial charge in [-0.1, -0.05) is 13.8 Å². The zero-order valence-electron chi connectivity index (χ0n) is 11.0. The number of nitrogens with one attached hydrogen (secondary N) is 1. The molecule has 1 aromatic heterocycles. The highest BCUT2D eigenvalue weighted by Crippen LogP contribution is 2.17. The van der Waals surface area contributed by atoms with Crippen LogP contribution in [0.15, 0.2) is 18.5 Å². The van der Waals surface area contributed by atoms with Crippen molar-refractivity contribution in [2.45, 2.75) is 26.8 Å². The molecule has 0 aromatic carbocycles. The Labute approximate surface area is 107 Å². The standard InChI is InChI=1S/C13H20N2O3/c1-4-18-8-12(9(2)3)15-11-5-6-14-7-10(11)13(16)17/h5-7,9,12H,4,8H2,1-3H3,(H,14,15)(H,16,17). The molecule has 0 saturated carbocycles. The normalized spacial score (nSPS) is 12.4. The monoisotopic (exact) mass is 252 g/mol. The number of aromatic nitrogens is 1. The first-order chi connectivity index (χ1) is 8.56. The van der Waals surface area contributed by atoms with Gasteiger partial charge in [-0.15, -0.1) is 0 Å². The second-order valence-electron chi connectivity index (χ2n) is 4.38. The summed E-state index contributed by atoms with van der Waals surface area (Å²) in [4.78, 5) is 14.9. The van der Waals surface area contributed by atoms with E-state index in [1.807, 2.05) is 6.92 Å². The van der Waals surface area contributed by atoms with Crippen LogP contribution in [0.1, 0.15) is 31.1 Å². The molecule has 0 aliphatic carbocycles. The Morgan fingerprint density at radius 2 is 2.28 bits per heavy atom. The largest absolute Gasteiger partial charge is 0.478 e. The van der Waals surface area contributed by atoms with Gasteiger partial charge in [-0.25, -0.2) is 4.79 Å². The van der Waals surface area contributed by atoms with E-state index in [2.05, 4.69) is 24.1 Å². The van der Waals surface area contributed by atoms with Crippen LogP contribution in [0.3, 0.4) is 0 Å². The van der Waals surface area contributed by atoms with Gasteiger partial charge in [0.05, 0.1) is 18.3 Å². The van der Waals surface area contributed by atoms with Crippen LogP contribution in [0.25, 0.3) is 0 Å². The molecular formula is C13H20N2O3. The molecule has 18 heavy (non-hydrogen) atoms. The second kappa shape index (κ2) is 6.96. The van der Waals surface area contributed by atoms with Crippen LogP contribution in [0.5, 0.6) is 0 Å². The summed E-state index contributed by atoms with van der Waals surface area (Å²) >= 11 is 0. The zero-order valence-corrected chi connectivity index (χ0v) is 11.0. The van der Waals surface area contributed by atoms with E-state index in [0.29, 0.717) is 24.8 Å². The fourth-order valence-electron chi connectivity index (χ4n) is 1.54. The Morgan fingerprint density at radius 3 is 2.83 bits per heavy atom. The van der Waals surface area contributed by atoms with Gasteiger partial charge in [0, 0.05) is 19.0 Å². The van der Waals surface area contributed by atoms with Crippen molar-refractivity contribution < 1.29 is 14.6 Å². The molecule has 0 aliphatic rings. The van der Waals surface area contributed by atoms with E-state index in [-0.39, 0.29) is 11.6 Å². The van der Waals surface area contributed by atoms with E-state index in [0.717, 1.165) is 0 Å². The summed E-state index contributed by atoms with van der Waals surface area (Å²) in [6, 6.07) is 1.75. The molecule has 1 atom stereocenters. The van der Waals surface area contributed by atoms with Gasteiger partial charge in [0.25, 0.3) is 0 Å². The molecule has 1 heterocycles. The van der Waals surface area contributed by atoms with Crippen molar-refractivity contribution in [2.75, 3.05) is 18.5 Å². The number of hydrogen-bond donors (Lipinski definition) is 2. The Hall–Kier alpha value is -1.62. The lowest BCUT2D eigenvalue weighted by Gasteiger charge is -2.24. The predicted molar refractivity (Wildman–Crippen MR) is 69.9 cm³/mol. The summed E-state index contributed by atoms with van der Waals surface area (Å²) in [5, 5.41) is 12.3. The molecule has 0 aliphatic heterocycles. The first kappa shape index (κ1) is 14.4. The number of carboxylic acids is 1. The van der Waals surface area contributed by atoms with Crippen LogP contribution in [0, 0.1) is 5.92 Å². The Bertz CT molecular complexity index is 394. The van der Waals surface area contributed by atoms with Crippen LogP contribution in [-0.2, 0) is 4.74 Å². The molecule has 5 nitrogen and oxygen atoms in total. The summed E-state index contributed by atoms with van der Waals surface area (Å²) in [5.41, 5.74) is 0.760. The molecule has 0 spiro atoms. The van der Waals surface area contributed by atoms with Gasteiger partial charge in [0.1, 0.15) is 5.56 Å². The number of rotatable bonds is 7. The Balaban J connectivity index is 2.83. The molecule has 100 valence electrons. The highest BCUT2D eigenvalue weighted by atomic mass is 16.5. The average Bonchev–Trinajstić information content (AvgIpc) is 2.34. The smallest absolute Gasteiger partial charge is 0.339 e. The van der Waals surface area contributed by atoms with E-state index in [1.54, 1.807) is 12.3 Å². The minimum Gasteiger partial charge on any atom is -0.478 e. The van der Waals surface area contributed by atoms with Crippen molar-refractivity contribution in [2.24, 2.45) is 5.92 Å². The zero-order chi connectivity index (χ0) is 13.5. The summed E-state index contributed by atoms with van der Waals surface area (Å²) in [5.74, 6) is -0.643. The molecule has 0 amide bonds. The number of aromatic carboxylic acids is 1. The average molecular weight is 252 g/mol. The fourth-order valence-corrected chi connectivity index (χ4v) is 1.54. The summed E-state index contributed by atoms with van der Waals surface area (Å²) in [6.45, 7) is 7.27. The van der Waals surface area contributed by atoms with Crippen LogP contribution < -0.4 is 5.32 Å². The second-order valence-corrected chi connectivity index (χ2v) is 4.38. The van der Waals surface area contributed by atoms with E-state index in [1.165, 1.54) is 6.20 Å². The number of nitrogens with zero attached hydrogens (tertiary/aromatic N) is 1. The maximum Gasteiger partial charge on any atom is 0.339 e. The highest BCUT2D eigenvalue weighted by Gasteiger charge is 2.17. The first-order valence-corrected chi connectivity index (χ1v) is 6.07. The van der Waals surface area contributed by atoms with Crippen molar-refractivity contribution in [3.8, 4) is 0 Å². The molecule has 1 aromatic rings. The highest BCUT2D eigenvalue weighted by molar-refractivity contribution is 5.93. The maximum atomic E-state index is 11.1. The molecule has 0 saturated heterocycles. The van der Waals surface area contributed by atoms with Crippen LogP contribution in [0.4, 0.5) is 5.69 Å². The Kier molecular flexibility index (Phi) is 5.58. The van der Waals surface area contributed by atoms with Gasteiger partial charge in [0.15, 0.2) is 0 Å². The third-order valence-electron chi connectivity index (χ3n) is 2.70. The van der Waals surface area contributed by atoms with Crippen molar-refractivity contribution in [1.82, 2.24) is 4.98 Å². The van der Waals surface area contributed by atoms with Gasteiger partial charge in [0.2, 0.25) is 0 Å². The van der Waals surface area contributed by atoms with Gasteiger partial charge in [-0.3, -0.25) is 4.98 Å². The third kappa shape index (κ3) is 4.00. The quantitative estimate of drug-likeness (QED) is 0.778. The number of carbonyl (C=O) groups is 1. The van der Waals surface area contributed by atoms with E-state index in [9.17, 15) is 4.79 Å². The summed E-state index contributed by atoms with van der Waals surface area (Å²) in [6.07, 6.45) is 2.93. The molecule has 0 radical (unpaired) electrons. The van der Waals surface area contributed by atoms with Crippen LogP contribution >= 0.6 is 0 Å². The summed E-state index contributed by atoms with van der Waals surface area (Å²) < 4.78 is 5.40. The number of ether oxygens (including phenoxy) is 1. The van der Waals surface area contributed by atoms with E-state index in [4.69, 9.17) is 9.84 Å². The van der Waals surface area contributed by atoms with Crippen LogP contribution in [0.2, 0.25) is 0 Å². The first-order valence-electron chi connectivity index (χ1n) is 6.07. The van der Waals surface area contributed by atoms with Gasteiger partial charge in [-0.05, 0) is 18.9 Å². The minimum absolute atomic E-state index is 0.0745. The number of hydrogen-bond acceptors (Lipinski definition) is 4. The molecule has 0 bridgehead atoms. The van der Waals surface area contributed by atoms with Crippen molar-refractivity contribution in [3.05, 3.63) is 24.0 Å².